The molecule has 2 aliphatic rings. The number of hydrogen-bond donors (Lipinski definition) is 1. The molecular weight excluding hydrogens is 349 g/mol. The number of rotatable bonds is 2. The fraction of sp³-hybridized carbons (Fsp3) is 0.900. The largest absolute Gasteiger partial charge is 0.516 e. The summed E-state index contributed by atoms with van der Waals surface area (Å²) in [7, 11) is -5.36. The first-order valence-electron chi connectivity index (χ1n) is 5.89. The van der Waals surface area contributed by atoms with E-state index in [9.17, 15) is 21.6 Å². The molecule has 4 nitrogen and oxygen atoms in total. The molecule has 0 heterocycles. The van der Waals surface area contributed by atoms with E-state index in [-0.39, 0.29) is 17.8 Å². The van der Waals surface area contributed by atoms with Crippen molar-refractivity contribution in [3.05, 3.63) is 0 Å². The van der Waals surface area contributed by atoms with E-state index in [1.54, 1.807) is 0 Å². The fourth-order valence-electron chi connectivity index (χ4n) is 2.89. The van der Waals surface area contributed by atoms with Crippen molar-refractivity contribution in [1.29, 1.82) is 0 Å². The second-order valence-electron chi connectivity index (χ2n) is 5.01. The van der Waals surface area contributed by atoms with Gasteiger partial charge >= 0.3 is 15.5 Å². The van der Waals surface area contributed by atoms with Gasteiger partial charge in [0.2, 0.25) is 0 Å². The topological polar surface area (TPSA) is 58.5 Å². The average Bonchev–Trinajstić information content (AvgIpc) is 2.71. The Morgan fingerprint density at radius 2 is 2.00 bits per heavy atom. The van der Waals surface area contributed by atoms with Crippen molar-refractivity contribution in [3.8, 4) is 0 Å². The van der Waals surface area contributed by atoms with Gasteiger partial charge in [-0.05, 0) is 38.0 Å². The number of nitrogens with one attached hydrogen (secondary N) is 1. The Morgan fingerprint density at radius 1 is 1.37 bits per heavy atom. The van der Waals surface area contributed by atoms with Gasteiger partial charge in [-0.2, -0.15) is 21.6 Å². The summed E-state index contributed by atoms with van der Waals surface area (Å²) in [6, 6.07) is -0.0981. The zero-order valence-electron chi connectivity index (χ0n) is 10.1. The van der Waals surface area contributed by atoms with Crippen molar-refractivity contribution in [1.82, 2.24) is 4.72 Å². The first-order valence-corrected chi connectivity index (χ1v) is 8.29. The molecule has 9 heteroatoms. The zero-order valence-corrected chi connectivity index (χ0v) is 12.5. The number of amidine groups is 1. The van der Waals surface area contributed by atoms with Gasteiger partial charge in [-0.15, -0.1) is 0 Å². The third-order valence-corrected chi connectivity index (χ3v) is 6.32. The summed E-state index contributed by atoms with van der Waals surface area (Å²) in [6.45, 7) is 1.25. The van der Waals surface area contributed by atoms with E-state index in [2.05, 4.69) is 20.9 Å². The van der Waals surface area contributed by atoms with Crippen molar-refractivity contribution in [2.24, 2.45) is 16.8 Å². The predicted octanol–water partition coefficient (Wildman–Crippen LogP) is 2.41. The highest BCUT2D eigenvalue weighted by atomic mass is 79.9. The van der Waals surface area contributed by atoms with Crippen LogP contribution in [0.3, 0.4) is 0 Å². The van der Waals surface area contributed by atoms with Crippen molar-refractivity contribution >= 4 is 31.8 Å². The van der Waals surface area contributed by atoms with Crippen LogP contribution in [0.2, 0.25) is 0 Å². The lowest BCUT2D eigenvalue weighted by molar-refractivity contribution is -0.0442. The van der Waals surface area contributed by atoms with Crippen LogP contribution in [0.1, 0.15) is 26.2 Å². The summed E-state index contributed by atoms with van der Waals surface area (Å²) >= 11 is 3.57. The number of fused-ring (bicyclic) bond motifs is 2. The van der Waals surface area contributed by atoms with Gasteiger partial charge in [0.25, 0.3) is 0 Å². The van der Waals surface area contributed by atoms with Gasteiger partial charge in [-0.25, -0.2) is 0 Å². The highest BCUT2D eigenvalue weighted by Gasteiger charge is 2.48. The molecule has 2 bridgehead atoms. The normalized spacial score (nSPS) is 35.7. The van der Waals surface area contributed by atoms with E-state index in [0.29, 0.717) is 10.7 Å². The molecule has 4 atom stereocenters. The van der Waals surface area contributed by atoms with Gasteiger partial charge in [-0.1, -0.05) is 15.9 Å². The molecule has 0 radical (unpaired) electrons. The van der Waals surface area contributed by atoms with E-state index >= 15 is 0 Å². The summed E-state index contributed by atoms with van der Waals surface area (Å²) < 4.78 is 60.0. The molecule has 0 amide bonds. The average molecular weight is 363 g/mol. The lowest BCUT2D eigenvalue weighted by Crippen LogP contribution is -2.39. The standard InChI is InChI=1S/C10H14BrF3N2O2S/c1-5(16-19(17,18)10(12,13)14)15-8-4-6-2-3-7(8)9(6)11/h6-9H,2-4H2,1H3,(H,15,16). The maximum absolute atomic E-state index is 12.2. The summed E-state index contributed by atoms with van der Waals surface area (Å²) in [4.78, 5) is 4.45. The summed E-state index contributed by atoms with van der Waals surface area (Å²) in [5, 5.41) is 0. The Morgan fingerprint density at radius 3 is 2.42 bits per heavy atom. The Labute approximate surface area is 118 Å². The van der Waals surface area contributed by atoms with Crippen molar-refractivity contribution in [2.75, 3.05) is 0 Å². The lowest BCUT2D eigenvalue weighted by atomic mass is 9.96. The third kappa shape index (κ3) is 2.91. The molecule has 4 unspecified atom stereocenters. The maximum atomic E-state index is 12.2. The van der Waals surface area contributed by atoms with Crippen molar-refractivity contribution in [3.63, 3.8) is 0 Å². The minimum atomic E-state index is -5.36. The van der Waals surface area contributed by atoms with E-state index in [1.807, 2.05) is 0 Å². The number of aliphatic imine (C=N–C) groups is 1. The summed E-state index contributed by atoms with van der Waals surface area (Å²) in [5.41, 5.74) is -5.31. The number of hydrogen-bond acceptors (Lipinski definition) is 3. The van der Waals surface area contributed by atoms with Crippen LogP contribution in [0, 0.1) is 11.8 Å². The second-order valence-corrected chi connectivity index (χ2v) is 7.75. The number of halogens is 4. The number of nitrogens with zero attached hydrogens (tertiary/aromatic N) is 1. The predicted molar refractivity (Wildman–Crippen MR) is 68.6 cm³/mol. The van der Waals surface area contributed by atoms with E-state index in [4.69, 9.17) is 0 Å². The summed E-state index contributed by atoms with van der Waals surface area (Å²) in [6.07, 6.45) is 2.87. The van der Waals surface area contributed by atoms with E-state index in [0.717, 1.165) is 19.3 Å². The molecule has 1 N–H and O–H groups in total. The molecule has 2 rings (SSSR count). The first-order chi connectivity index (χ1) is 8.62. The van der Waals surface area contributed by atoms with Crippen LogP contribution in [0.4, 0.5) is 13.2 Å². The van der Waals surface area contributed by atoms with Crippen LogP contribution in [0.5, 0.6) is 0 Å². The molecule has 19 heavy (non-hydrogen) atoms. The molecule has 2 saturated carbocycles. The van der Waals surface area contributed by atoms with Crippen LogP contribution in [-0.4, -0.2) is 30.6 Å². The van der Waals surface area contributed by atoms with Gasteiger partial charge in [0, 0.05) is 4.83 Å². The van der Waals surface area contributed by atoms with Gasteiger partial charge in [-0.3, -0.25) is 9.71 Å². The molecule has 0 aromatic heterocycles. The quantitative estimate of drug-likeness (QED) is 0.465. The molecular formula is C10H14BrF3N2O2S. The highest BCUT2D eigenvalue weighted by Crippen LogP contribution is 2.49. The Hall–Kier alpha value is -0.310. The Kier molecular flexibility index (Phi) is 3.90. The van der Waals surface area contributed by atoms with Gasteiger partial charge < -0.3 is 0 Å². The molecule has 0 aromatic rings. The van der Waals surface area contributed by atoms with Gasteiger partial charge in [0.15, 0.2) is 0 Å². The molecule has 0 aromatic carbocycles. The molecule has 110 valence electrons. The Balaban J connectivity index is 2.06. The molecule has 2 aliphatic carbocycles. The van der Waals surface area contributed by atoms with Crippen LogP contribution in [-0.2, 0) is 10.0 Å². The molecule has 0 aliphatic heterocycles. The van der Waals surface area contributed by atoms with Crippen LogP contribution in [0.15, 0.2) is 4.99 Å². The van der Waals surface area contributed by atoms with E-state index < -0.39 is 15.5 Å². The van der Waals surface area contributed by atoms with Crippen LogP contribution < -0.4 is 4.72 Å². The first kappa shape index (κ1) is 15.1. The summed E-state index contributed by atoms with van der Waals surface area (Å²) in [5.74, 6) is 0.579. The Bertz CT molecular complexity index is 491. The molecule has 0 spiro atoms. The molecule has 2 fully saturated rings. The zero-order chi connectivity index (χ0) is 14.4. The van der Waals surface area contributed by atoms with Crippen molar-refractivity contribution < 1.29 is 21.6 Å². The smallest absolute Gasteiger partial charge is 0.268 e. The van der Waals surface area contributed by atoms with E-state index in [1.165, 1.54) is 11.6 Å². The fourth-order valence-corrected chi connectivity index (χ4v) is 4.54. The lowest BCUT2D eigenvalue weighted by Gasteiger charge is -2.19. The van der Waals surface area contributed by atoms with Gasteiger partial charge in [0.05, 0.1) is 6.04 Å². The van der Waals surface area contributed by atoms with Crippen LogP contribution >= 0.6 is 15.9 Å². The van der Waals surface area contributed by atoms with Gasteiger partial charge in [0.1, 0.15) is 5.84 Å². The third-order valence-electron chi connectivity index (χ3n) is 3.71. The van der Waals surface area contributed by atoms with Crippen molar-refractivity contribution in [2.45, 2.75) is 42.6 Å². The minimum Gasteiger partial charge on any atom is -0.268 e. The second kappa shape index (κ2) is 4.91. The maximum Gasteiger partial charge on any atom is 0.516 e. The minimum absolute atomic E-state index is 0.0981. The number of alkyl halides is 4. The number of sulfonamides is 1. The SMILES string of the molecule is CC(=NC1CC2CCC1C2Br)NS(=O)(=O)C(F)(F)F. The van der Waals surface area contributed by atoms with Crippen LogP contribution in [0.25, 0.3) is 0 Å². The molecule has 0 saturated heterocycles. The monoisotopic (exact) mass is 362 g/mol. The highest BCUT2D eigenvalue weighted by molar-refractivity contribution is 9.09.